The van der Waals surface area contributed by atoms with E-state index in [9.17, 15) is 4.79 Å². The summed E-state index contributed by atoms with van der Waals surface area (Å²) >= 11 is 0. The van der Waals surface area contributed by atoms with Crippen LogP contribution in [0.15, 0.2) is 18.3 Å². The monoisotopic (exact) mass is 357 g/mol. The molecule has 0 radical (unpaired) electrons. The largest absolute Gasteiger partial charge is 0.337 e. The van der Waals surface area contributed by atoms with Gasteiger partial charge in [0.1, 0.15) is 5.69 Å². The van der Waals surface area contributed by atoms with E-state index in [0.717, 1.165) is 12.8 Å². The van der Waals surface area contributed by atoms with Crippen molar-refractivity contribution in [1.29, 1.82) is 0 Å². The van der Waals surface area contributed by atoms with E-state index in [1.165, 1.54) is 31.2 Å². The van der Waals surface area contributed by atoms with Crippen LogP contribution in [0.2, 0.25) is 0 Å². The molecule has 1 aromatic rings. The van der Waals surface area contributed by atoms with Crippen LogP contribution in [-0.4, -0.2) is 41.0 Å². The van der Waals surface area contributed by atoms with E-state index in [1.54, 1.807) is 0 Å². The van der Waals surface area contributed by atoms with E-state index in [1.807, 2.05) is 24.2 Å². The van der Waals surface area contributed by atoms with Gasteiger partial charge in [-0.1, -0.05) is 6.07 Å². The molecule has 2 atom stereocenters. The molecule has 23 heavy (non-hydrogen) atoms. The molecule has 1 saturated carbocycles. The molecule has 1 N–H and O–H groups in total. The number of nitrogens with zero attached hydrogens (tertiary/aromatic N) is 2. The first-order valence-electron chi connectivity index (χ1n) is 8.20. The molecular weight excluding hydrogens is 333 g/mol. The smallest absolute Gasteiger partial charge is 0.272 e. The second-order valence-corrected chi connectivity index (χ2v) is 6.93. The van der Waals surface area contributed by atoms with Crippen molar-refractivity contribution in [2.24, 2.45) is 0 Å². The van der Waals surface area contributed by atoms with Crippen molar-refractivity contribution in [2.45, 2.75) is 62.6 Å². The average Bonchev–Trinajstić information content (AvgIpc) is 3.31. The molecule has 2 saturated heterocycles. The summed E-state index contributed by atoms with van der Waals surface area (Å²) in [6.07, 6.45) is 9.12. The molecule has 3 aliphatic rings. The summed E-state index contributed by atoms with van der Waals surface area (Å²) in [5.41, 5.74) is 1.88. The van der Waals surface area contributed by atoms with Gasteiger partial charge < -0.3 is 10.2 Å². The summed E-state index contributed by atoms with van der Waals surface area (Å²) in [7, 11) is 1.94. The highest BCUT2D eigenvalue weighted by atomic mass is 35.5. The topological polar surface area (TPSA) is 45.2 Å². The van der Waals surface area contributed by atoms with Gasteiger partial charge in [-0.2, -0.15) is 0 Å². The van der Waals surface area contributed by atoms with Gasteiger partial charge in [0, 0.05) is 31.4 Å². The van der Waals surface area contributed by atoms with E-state index in [-0.39, 0.29) is 30.7 Å². The van der Waals surface area contributed by atoms with Crippen LogP contribution in [-0.2, 0) is 0 Å². The minimum absolute atomic E-state index is 0. The van der Waals surface area contributed by atoms with Gasteiger partial charge in [0.05, 0.1) is 0 Å². The van der Waals surface area contributed by atoms with Gasteiger partial charge in [-0.3, -0.25) is 9.78 Å². The summed E-state index contributed by atoms with van der Waals surface area (Å²) < 4.78 is 0. The van der Waals surface area contributed by atoms with Crippen LogP contribution in [0.25, 0.3) is 0 Å². The van der Waals surface area contributed by atoms with Gasteiger partial charge in [-0.05, 0) is 56.1 Å². The number of pyridine rings is 1. The lowest BCUT2D eigenvalue weighted by Gasteiger charge is -2.35. The molecule has 1 amide bonds. The highest BCUT2D eigenvalue weighted by Gasteiger charge is 2.36. The zero-order valence-electron chi connectivity index (χ0n) is 13.4. The number of aromatic nitrogens is 1. The number of nitrogens with one attached hydrogen (secondary N) is 1. The molecule has 1 aromatic heterocycles. The molecule has 3 heterocycles. The van der Waals surface area contributed by atoms with E-state index in [0.29, 0.717) is 29.7 Å². The standard InChI is InChI=1S/C17H23N3O.2ClH/c1-20(15-8-13-5-6-14(9-15)19-13)17(21)16-7-4-12(10-18-16)11-2-3-11;;/h4,7,10-11,13-15,19H,2-3,5-6,8-9H2,1H3;2*1H. The third kappa shape index (κ3) is 3.81. The molecule has 2 aliphatic heterocycles. The first-order valence-corrected chi connectivity index (χ1v) is 8.20. The van der Waals surface area contributed by atoms with E-state index >= 15 is 0 Å². The fourth-order valence-corrected chi connectivity index (χ4v) is 3.88. The number of halogens is 2. The number of fused-ring (bicyclic) bond motifs is 2. The van der Waals surface area contributed by atoms with Crippen molar-refractivity contribution >= 4 is 30.7 Å². The second kappa shape index (κ2) is 7.37. The Morgan fingerprint density at radius 3 is 2.30 bits per heavy atom. The molecular formula is C17H25Cl2N3O. The number of carbonyl (C=O) groups excluding carboxylic acids is 1. The molecule has 2 unspecified atom stereocenters. The van der Waals surface area contributed by atoms with Crippen LogP contribution in [0.3, 0.4) is 0 Å². The lowest BCUT2D eigenvalue weighted by molar-refractivity contribution is 0.0675. The maximum absolute atomic E-state index is 12.6. The van der Waals surface area contributed by atoms with Gasteiger partial charge >= 0.3 is 0 Å². The van der Waals surface area contributed by atoms with Gasteiger partial charge in [-0.25, -0.2) is 0 Å². The van der Waals surface area contributed by atoms with Crippen LogP contribution < -0.4 is 5.32 Å². The Bertz CT molecular complexity index is 535. The van der Waals surface area contributed by atoms with Crippen molar-refractivity contribution in [3.05, 3.63) is 29.6 Å². The first kappa shape index (κ1) is 18.5. The van der Waals surface area contributed by atoms with Crippen LogP contribution in [0.5, 0.6) is 0 Å². The molecule has 3 fully saturated rings. The predicted molar refractivity (Wildman–Crippen MR) is 95.8 cm³/mol. The minimum Gasteiger partial charge on any atom is -0.337 e. The number of carbonyl (C=O) groups is 1. The summed E-state index contributed by atoms with van der Waals surface area (Å²) in [5, 5.41) is 3.63. The summed E-state index contributed by atoms with van der Waals surface area (Å²) in [5.74, 6) is 0.767. The third-order valence-electron chi connectivity index (χ3n) is 5.37. The highest BCUT2D eigenvalue weighted by Crippen LogP contribution is 2.39. The average molecular weight is 358 g/mol. The van der Waals surface area contributed by atoms with Crippen LogP contribution in [0.1, 0.15) is 60.5 Å². The van der Waals surface area contributed by atoms with Gasteiger partial charge in [-0.15, -0.1) is 24.8 Å². The Balaban J connectivity index is 0.000000960. The zero-order chi connectivity index (χ0) is 14.4. The Hall–Kier alpha value is -0.840. The van der Waals surface area contributed by atoms with Crippen LogP contribution in [0.4, 0.5) is 0 Å². The normalized spacial score (nSPS) is 28.5. The number of hydrogen-bond acceptors (Lipinski definition) is 3. The number of hydrogen-bond donors (Lipinski definition) is 1. The highest BCUT2D eigenvalue weighted by molar-refractivity contribution is 5.92. The first-order chi connectivity index (χ1) is 10.2. The minimum atomic E-state index is 0. The molecule has 4 rings (SSSR count). The van der Waals surface area contributed by atoms with Crippen molar-refractivity contribution in [2.75, 3.05) is 7.05 Å². The summed E-state index contributed by atoms with van der Waals surface area (Å²) in [6, 6.07) is 5.56. The van der Waals surface area contributed by atoms with E-state index < -0.39 is 0 Å². The van der Waals surface area contributed by atoms with Gasteiger partial charge in [0.25, 0.3) is 5.91 Å². The fraction of sp³-hybridized carbons (Fsp3) is 0.647. The summed E-state index contributed by atoms with van der Waals surface area (Å²) in [4.78, 5) is 18.9. The van der Waals surface area contributed by atoms with Crippen LogP contribution in [0, 0.1) is 0 Å². The molecule has 0 aromatic carbocycles. The van der Waals surface area contributed by atoms with Crippen molar-refractivity contribution in [1.82, 2.24) is 15.2 Å². The zero-order valence-corrected chi connectivity index (χ0v) is 15.0. The quantitative estimate of drug-likeness (QED) is 0.903. The molecule has 6 heteroatoms. The lowest BCUT2D eigenvalue weighted by atomic mass is 9.98. The third-order valence-corrected chi connectivity index (χ3v) is 5.37. The molecule has 2 bridgehead atoms. The Morgan fingerprint density at radius 1 is 1.13 bits per heavy atom. The maximum atomic E-state index is 12.6. The lowest BCUT2D eigenvalue weighted by Crippen LogP contribution is -2.48. The number of rotatable bonds is 3. The van der Waals surface area contributed by atoms with Crippen molar-refractivity contribution in [3.8, 4) is 0 Å². The van der Waals surface area contributed by atoms with Crippen molar-refractivity contribution < 1.29 is 4.79 Å². The summed E-state index contributed by atoms with van der Waals surface area (Å²) in [6.45, 7) is 0. The van der Waals surface area contributed by atoms with Crippen molar-refractivity contribution in [3.63, 3.8) is 0 Å². The molecule has 4 nitrogen and oxygen atoms in total. The van der Waals surface area contributed by atoms with Gasteiger partial charge in [0.15, 0.2) is 0 Å². The Morgan fingerprint density at radius 2 is 1.78 bits per heavy atom. The predicted octanol–water partition coefficient (Wildman–Crippen LogP) is 3.16. The Labute approximate surface area is 150 Å². The maximum Gasteiger partial charge on any atom is 0.272 e. The molecule has 0 spiro atoms. The SMILES string of the molecule is CN(C(=O)c1ccc(C2CC2)cn1)C1CC2CCC(C1)N2.Cl.Cl. The second-order valence-electron chi connectivity index (χ2n) is 6.93. The van der Waals surface area contributed by atoms with E-state index in [2.05, 4.69) is 16.4 Å². The Kier molecular flexibility index (Phi) is 5.93. The number of amides is 1. The fourth-order valence-electron chi connectivity index (χ4n) is 3.88. The van der Waals surface area contributed by atoms with Crippen LogP contribution >= 0.6 is 24.8 Å². The van der Waals surface area contributed by atoms with Gasteiger partial charge in [0.2, 0.25) is 0 Å². The number of piperidine rings is 1. The van der Waals surface area contributed by atoms with E-state index in [4.69, 9.17) is 0 Å². The molecule has 1 aliphatic carbocycles. The molecule has 128 valence electrons.